The molecular formula is C20H25NO2. The summed E-state index contributed by atoms with van der Waals surface area (Å²) in [6, 6.07) is 20.0. The van der Waals surface area contributed by atoms with Crippen LogP contribution in [0.3, 0.4) is 0 Å². The summed E-state index contributed by atoms with van der Waals surface area (Å²) in [7, 11) is 2.03. The lowest BCUT2D eigenvalue weighted by Crippen LogP contribution is -2.31. The van der Waals surface area contributed by atoms with E-state index in [2.05, 4.69) is 18.7 Å². The van der Waals surface area contributed by atoms with E-state index in [1.54, 1.807) is 0 Å². The Balaban J connectivity index is 2.10. The number of carbonyl (C=O) groups is 1. The van der Waals surface area contributed by atoms with Gasteiger partial charge in [0.25, 0.3) is 0 Å². The molecule has 0 N–H and O–H groups in total. The van der Waals surface area contributed by atoms with Crippen molar-refractivity contribution in [2.45, 2.75) is 25.8 Å². The molecule has 0 spiro atoms. The highest BCUT2D eigenvalue weighted by Gasteiger charge is 2.24. The number of nitrogens with zero attached hydrogens (tertiary/aromatic N) is 1. The minimum Gasteiger partial charge on any atom is -0.464 e. The van der Waals surface area contributed by atoms with Gasteiger partial charge in [-0.15, -0.1) is 0 Å². The molecule has 3 heteroatoms. The number of hydrogen-bond donors (Lipinski definition) is 0. The lowest BCUT2D eigenvalue weighted by Gasteiger charge is -2.22. The quantitative estimate of drug-likeness (QED) is 0.730. The van der Waals surface area contributed by atoms with Crippen molar-refractivity contribution in [1.29, 1.82) is 0 Å². The van der Waals surface area contributed by atoms with Crippen molar-refractivity contribution in [2.75, 3.05) is 20.2 Å². The second-order valence-corrected chi connectivity index (χ2v) is 6.00. The lowest BCUT2D eigenvalue weighted by atomic mass is 9.91. The first-order chi connectivity index (χ1) is 11.1. The van der Waals surface area contributed by atoms with Crippen LogP contribution in [0.15, 0.2) is 60.7 Å². The van der Waals surface area contributed by atoms with Gasteiger partial charge in [-0.1, -0.05) is 60.7 Å². The van der Waals surface area contributed by atoms with Crippen LogP contribution < -0.4 is 0 Å². The van der Waals surface area contributed by atoms with Gasteiger partial charge in [-0.25, -0.2) is 0 Å². The number of rotatable bonds is 7. The zero-order valence-corrected chi connectivity index (χ0v) is 14.1. The first-order valence-corrected chi connectivity index (χ1v) is 8.06. The van der Waals surface area contributed by atoms with Crippen LogP contribution in [0.2, 0.25) is 0 Å². The third-order valence-corrected chi connectivity index (χ3v) is 4.07. The van der Waals surface area contributed by atoms with E-state index in [0.717, 1.165) is 17.7 Å². The summed E-state index contributed by atoms with van der Waals surface area (Å²) in [4.78, 5) is 14.8. The lowest BCUT2D eigenvalue weighted by molar-refractivity contribution is -0.144. The molecule has 2 aromatic rings. The summed E-state index contributed by atoms with van der Waals surface area (Å²) < 4.78 is 5.55. The Bertz CT molecular complexity index is 556. The van der Waals surface area contributed by atoms with Crippen molar-refractivity contribution in [3.05, 3.63) is 71.8 Å². The maximum atomic E-state index is 12.7. The summed E-state index contributed by atoms with van der Waals surface area (Å²) in [6.45, 7) is 5.39. The van der Waals surface area contributed by atoms with Crippen molar-refractivity contribution in [3.8, 4) is 0 Å². The van der Waals surface area contributed by atoms with Crippen molar-refractivity contribution in [3.63, 3.8) is 0 Å². The number of esters is 1. The van der Waals surface area contributed by atoms with Gasteiger partial charge in [0.15, 0.2) is 0 Å². The largest absolute Gasteiger partial charge is 0.464 e. The van der Waals surface area contributed by atoms with Crippen LogP contribution in [0.1, 0.15) is 30.9 Å². The Morgan fingerprint density at radius 3 is 1.87 bits per heavy atom. The van der Waals surface area contributed by atoms with Crippen molar-refractivity contribution in [2.24, 2.45) is 0 Å². The van der Waals surface area contributed by atoms with Crippen LogP contribution in [0.4, 0.5) is 0 Å². The zero-order valence-electron chi connectivity index (χ0n) is 14.1. The molecular weight excluding hydrogens is 286 g/mol. The molecule has 2 rings (SSSR count). The topological polar surface area (TPSA) is 29.5 Å². The molecule has 0 aromatic heterocycles. The molecule has 0 aliphatic heterocycles. The van der Waals surface area contributed by atoms with E-state index in [9.17, 15) is 4.79 Å². The van der Waals surface area contributed by atoms with Gasteiger partial charge in [-0.2, -0.15) is 0 Å². The third-order valence-electron chi connectivity index (χ3n) is 4.07. The summed E-state index contributed by atoms with van der Waals surface area (Å²) in [5, 5.41) is 0. The molecule has 0 atom stereocenters. The highest BCUT2D eigenvalue weighted by molar-refractivity contribution is 5.82. The summed E-state index contributed by atoms with van der Waals surface area (Å²) >= 11 is 0. The third kappa shape index (κ3) is 4.93. The molecule has 0 radical (unpaired) electrons. The van der Waals surface area contributed by atoms with E-state index in [1.807, 2.05) is 67.7 Å². The fourth-order valence-corrected chi connectivity index (χ4v) is 2.39. The zero-order chi connectivity index (χ0) is 16.7. The van der Waals surface area contributed by atoms with E-state index < -0.39 is 0 Å². The van der Waals surface area contributed by atoms with E-state index in [1.165, 1.54) is 0 Å². The molecule has 23 heavy (non-hydrogen) atoms. The summed E-state index contributed by atoms with van der Waals surface area (Å²) in [6.07, 6.45) is 0. The van der Waals surface area contributed by atoms with E-state index in [4.69, 9.17) is 4.74 Å². The second-order valence-electron chi connectivity index (χ2n) is 6.00. The molecule has 0 amide bonds. The van der Waals surface area contributed by atoms with Crippen LogP contribution in [-0.2, 0) is 9.53 Å². The fraction of sp³-hybridized carbons (Fsp3) is 0.350. The molecule has 122 valence electrons. The highest BCUT2D eigenvalue weighted by atomic mass is 16.5. The molecule has 0 bridgehead atoms. The molecule has 0 unspecified atom stereocenters. The summed E-state index contributed by atoms with van der Waals surface area (Å²) in [5.74, 6) is -0.568. The van der Waals surface area contributed by atoms with E-state index in [-0.39, 0.29) is 11.9 Å². The molecule has 0 saturated carbocycles. The molecule has 0 saturated heterocycles. The fourth-order valence-electron chi connectivity index (χ4n) is 2.39. The Morgan fingerprint density at radius 2 is 1.43 bits per heavy atom. The number of benzene rings is 2. The van der Waals surface area contributed by atoms with Crippen molar-refractivity contribution >= 4 is 5.97 Å². The number of likely N-dealkylation sites (N-methyl/N-ethyl adjacent to an activating group) is 1. The highest BCUT2D eigenvalue weighted by Crippen LogP contribution is 2.25. The van der Waals surface area contributed by atoms with Crippen LogP contribution in [0, 0.1) is 0 Å². The van der Waals surface area contributed by atoms with E-state index in [0.29, 0.717) is 12.6 Å². The Morgan fingerprint density at radius 1 is 0.957 bits per heavy atom. The van der Waals surface area contributed by atoms with Crippen molar-refractivity contribution < 1.29 is 9.53 Å². The van der Waals surface area contributed by atoms with Gasteiger partial charge in [0.2, 0.25) is 0 Å². The minimum absolute atomic E-state index is 0.195. The van der Waals surface area contributed by atoms with Crippen LogP contribution in [-0.4, -0.2) is 37.1 Å². The van der Waals surface area contributed by atoms with Crippen LogP contribution in [0.5, 0.6) is 0 Å². The van der Waals surface area contributed by atoms with Crippen LogP contribution in [0.25, 0.3) is 0 Å². The van der Waals surface area contributed by atoms with Gasteiger partial charge in [-0.05, 0) is 32.0 Å². The maximum Gasteiger partial charge on any atom is 0.317 e. The average molecular weight is 311 g/mol. The molecule has 3 nitrogen and oxygen atoms in total. The smallest absolute Gasteiger partial charge is 0.317 e. The molecule has 0 aliphatic carbocycles. The van der Waals surface area contributed by atoms with Gasteiger partial charge in [-0.3, -0.25) is 4.79 Å². The molecule has 0 aliphatic rings. The Labute approximate surface area is 138 Å². The predicted molar refractivity (Wildman–Crippen MR) is 93.5 cm³/mol. The monoisotopic (exact) mass is 311 g/mol. The average Bonchev–Trinajstić information content (AvgIpc) is 2.57. The van der Waals surface area contributed by atoms with Crippen molar-refractivity contribution in [1.82, 2.24) is 4.90 Å². The SMILES string of the molecule is CC(C)N(C)CCOC(=O)C(c1ccccc1)c1ccccc1. The number of ether oxygens (including phenoxy) is 1. The first kappa shape index (κ1) is 17.2. The first-order valence-electron chi connectivity index (χ1n) is 8.06. The molecule has 0 fully saturated rings. The Kier molecular flexibility index (Phi) is 6.36. The summed E-state index contributed by atoms with van der Waals surface area (Å²) in [5.41, 5.74) is 1.92. The number of hydrogen-bond acceptors (Lipinski definition) is 3. The van der Waals surface area contributed by atoms with Gasteiger partial charge >= 0.3 is 5.97 Å². The van der Waals surface area contributed by atoms with Gasteiger partial charge in [0, 0.05) is 12.6 Å². The molecule has 0 heterocycles. The van der Waals surface area contributed by atoms with Gasteiger partial charge in [0.1, 0.15) is 12.5 Å². The Hall–Kier alpha value is -2.13. The second kappa shape index (κ2) is 8.49. The van der Waals surface area contributed by atoms with Crippen LogP contribution >= 0.6 is 0 Å². The van der Waals surface area contributed by atoms with Gasteiger partial charge < -0.3 is 9.64 Å². The minimum atomic E-state index is -0.373. The molecule has 2 aromatic carbocycles. The van der Waals surface area contributed by atoms with E-state index >= 15 is 0 Å². The normalized spacial score (nSPS) is 11.2. The predicted octanol–water partition coefficient (Wildman–Crippen LogP) is 3.70. The number of carbonyl (C=O) groups excluding carboxylic acids is 1. The maximum absolute atomic E-state index is 12.7. The van der Waals surface area contributed by atoms with Gasteiger partial charge in [0.05, 0.1) is 0 Å². The standard InChI is InChI=1S/C20H25NO2/c1-16(2)21(3)14-15-23-20(22)19(17-10-6-4-7-11-17)18-12-8-5-9-13-18/h4-13,16,19H,14-15H2,1-3H3.